The number of imidazole rings is 1. The summed E-state index contributed by atoms with van der Waals surface area (Å²) in [6, 6.07) is 0. The molecule has 196 valence electrons. The Morgan fingerprint density at radius 3 is 2.09 bits per heavy atom. The Morgan fingerprint density at radius 2 is 1.54 bits per heavy atom. The Hall–Kier alpha value is -2.68. The Bertz CT molecular complexity index is 979. The van der Waals surface area contributed by atoms with Crippen LogP contribution in [0.2, 0.25) is 0 Å². The summed E-state index contributed by atoms with van der Waals surface area (Å²) in [7, 11) is 0. The van der Waals surface area contributed by atoms with E-state index >= 15 is 0 Å². The smallest absolute Gasteiger partial charge is 0.426 e. The lowest BCUT2D eigenvalue weighted by atomic mass is 9.90. The molecule has 2 amide bonds. The molecule has 4 rings (SSSR count). The third kappa shape index (κ3) is 5.01. The molecule has 2 aliphatic heterocycles. The molecule has 35 heavy (non-hydrogen) atoms. The molecule has 0 radical (unpaired) electrons. The molecular weight excluding hydrogens is 503 g/mol. The lowest BCUT2D eigenvalue weighted by Gasteiger charge is -2.34. The van der Waals surface area contributed by atoms with E-state index in [4.69, 9.17) is 0 Å². The van der Waals surface area contributed by atoms with E-state index in [9.17, 15) is 49.1 Å². The zero-order valence-corrected chi connectivity index (χ0v) is 17.8. The highest BCUT2D eigenvalue weighted by Gasteiger charge is 2.62. The first kappa shape index (κ1) is 25.4. The number of ether oxygens (including phenoxy) is 1. The van der Waals surface area contributed by atoms with Crippen LogP contribution in [0.15, 0.2) is 6.20 Å². The largest absolute Gasteiger partial charge is 0.434 e. The molecule has 1 atom stereocenters. The molecule has 1 saturated carbocycles. The first-order chi connectivity index (χ1) is 16.0. The molecule has 1 spiro atoms. The van der Waals surface area contributed by atoms with Crippen molar-refractivity contribution in [1.29, 1.82) is 0 Å². The van der Waals surface area contributed by atoms with E-state index in [2.05, 4.69) is 9.72 Å². The molecule has 3 aliphatic rings. The Balaban J connectivity index is 1.32. The van der Waals surface area contributed by atoms with Crippen LogP contribution >= 0.6 is 0 Å². The van der Waals surface area contributed by atoms with Gasteiger partial charge in [0, 0.05) is 38.3 Å². The van der Waals surface area contributed by atoms with Gasteiger partial charge in [0.15, 0.2) is 5.69 Å². The Labute approximate surface area is 191 Å². The lowest BCUT2D eigenvalue weighted by molar-refractivity contribution is -0.308. The minimum atomic E-state index is -5.82. The van der Waals surface area contributed by atoms with Crippen LogP contribution in [0.4, 0.5) is 44.3 Å². The minimum absolute atomic E-state index is 0.0908. The second-order valence-corrected chi connectivity index (χ2v) is 8.95. The molecule has 16 heteroatoms. The summed E-state index contributed by atoms with van der Waals surface area (Å²) in [6.45, 7) is -0.200. The number of halogens is 9. The van der Waals surface area contributed by atoms with Crippen LogP contribution in [0.5, 0.6) is 0 Å². The van der Waals surface area contributed by atoms with Crippen molar-refractivity contribution in [3.63, 3.8) is 0 Å². The maximum Gasteiger partial charge on any atom is 0.434 e. The Morgan fingerprint density at radius 1 is 0.943 bits per heavy atom. The summed E-state index contributed by atoms with van der Waals surface area (Å²) in [5.74, 6) is -0.714. The van der Waals surface area contributed by atoms with E-state index < -0.39 is 47.8 Å². The second-order valence-electron chi connectivity index (χ2n) is 8.95. The van der Waals surface area contributed by atoms with E-state index in [1.54, 1.807) is 0 Å². The molecular formula is C19H19F9N4O3. The maximum atomic E-state index is 12.9. The number of aromatic nitrogens is 2. The number of alkyl halides is 9. The number of carbonyl (C=O) groups is 2. The van der Waals surface area contributed by atoms with Crippen molar-refractivity contribution in [2.24, 2.45) is 11.3 Å². The van der Waals surface area contributed by atoms with Crippen LogP contribution in [0.3, 0.4) is 0 Å². The van der Waals surface area contributed by atoms with Gasteiger partial charge in [-0.15, -0.1) is 0 Å². The van der Waals surface area contributed by atoms with Gasteiger partial charge in [0.2, 0.25) is 5.91 Å². The number of hydrogen-bond acceptors (Lipinski definition) is 4. The van der Waals surface area contributed by atoms with E-state index in [1.165, 1.54) is 9.47 Å². The molecule has 1 unspecified atom stereocenters. The van der Waals surface area contributed by atoms with Crippen molar-refractivity contribution < 1.29 is 53.8 Å². The number of nitrogens with zero attached hydrogens (tertiary/aromatic N) is 4. The van der Waals surface area contributed by atoms with Crippen LogP contribution < -0.4 is 0 Å². The molecule has 1 aromatic rings. The van der Waals surface area contributed by atoms with Crippen molar-refractivity contribution in [1.82, 2.24) is 19.4 Å². The van der Waals surface area contributed by atoms with Gasteiger partial charge in [0.1, 0.15) is 5.82 Å². The van der Waals surface area contributed by atoms with Gasteiger partial charge in [-0.3, -0.25) is 4.79 Å². The summed E-state index contributed by atoms with van der Waals surface area (Å²) in [5, 5.41) is 0. The van der Waals surface area contributed by atoms with E-state index in [0.29, 0.717) is 6.42 Å². The highest BCUT2D eigenvalue weighted by atomic mass is 19.4. The molecule has 7 nitrogen and oxygen atoms in total. The van der Waals surface area contributed by atoms with Crippen LogP contribution in [-0.2, 0) is 28.8 Å². The number of piperidine rings is 1. The fourth-order valence-corrected chi connectivity index (χ4v) is 4.68. The van der Waals surface area contributed by atoms with Gasteiger partial charge in [-0.05, 0) is 24.7 Å². The fraction of sp³-hybridized carbons (Fsp3) is 0.737. The van der Waals surface area contributed by atoms with Crippen LogP contribution in [0, 0.1) is 11.3 Å². The average molecular weight is 522 g/mol. The van der Waals surface area contributed by atoms with Crippen molar-refractivity contribution in [2.45, 2.75) is 57.0 Å². The van der Waals surface area contributed by atoms with E-state index in [1.807, 2.05) is 0 Å². The van der Waals surface area contributed by atoms with Gasteiger partial charge in [-0.1, -0.05) is 0 Å². The fourth-order valence-electron chi connectivity index (χ4n) is 4.68. The molecule has 2 fully saturated rings. The summed E-state index contributed by atoms with van der Waals surface area (Å²) in [5.41, 5.74) is -1.62. The van der Waals surface area contributed by atoms with Crippen LogP contribution in [0.25, 0.3) is 0 Å². The molecule has 0 aromatic carbocycles. The predicted octanol–water partition coefficient (Wildman–Crippen LogP) is 3.98. The van der Waals surface area contributed by atoms with Gasteiger partial charge in [0.05, 0.1) is 6.54 Å². The molecule has 1 aliphatic carbocycles. The number of carbonyl (C=O) groups excluding carboxylic acids is 2. The summed E-state index contributed by atoms with van der Waals surface area (Å²) in [4.78, 5) is 30.5. The highest BCUT2D eigenvalue weighted by molar-refractivity contribution is 5.83. The maximum absolute atomic E-state index is 12.9. The molecule has 1 saturated heterocycles. The third-order valence-corrected chi connectivity index (χ3v) is 6.72. The van der Waals surface area contributed by atoms with Crippen LogP contribution in [-0.4, -0.2) is 69.4 Å². The zero-order valence-electron chi connectivity index (χ0n) is 17.8. The van der Waals surface area contributed by atoms with Gasteiger partial charge >= 0.3 is 24.6 Å². The summed E-state index contributed by atoms with van der Waals surface area (Å²) < 4.78 is 119. The van der Waals surface area contributed by atoms with Gasteiger partial charge in [-0.2, -0.15) is 39.5 Å². The third-order valence-electron chi connectivity index (χ3n) is 6.72. The minimum Gasteiger partial charge on any atom is -0.426 e. The molecule has 3 heterocycles. The number of hydrogen-bond donors (Lipinski definition) is 0. The molecule has 0 bridgehead atoms. The quantitative estimate of drug-likeness (QED) is 0.552. The average Bonchev–Trinajstić information content (AvgIpc) is 3.23. The van der Waals surface area contributed by atoms with E-state index in [-0.39, 0.29) is 57.3 Å². The van der Waals surface area contributed by atoms with Gasteiger partial charge < -0.3 is 19.1 Å². The topological polar surface area (TPSA) is 67.7 Å². The SMILES string of the molecule is O=C(OC(C(F)(F)F)C(F)(F)F)N1CCC2(CC1)CC2C(=O)N1CCn2cc(C(F)(F)F)nc2C1. The standard InChI is InChI=1S/C19H19F9N4O3/c20-17(21,22)11-8-31-5-6-32(9-12(31)29-11)13(33)10-7-16(10)1-3-30(4-2-16)15(34)35-14(18(23,24)25)19(26,27)28/h8,10,14H,1-7,9H2. The van der Waals surface area contributed by atoms with Gasteiger partial charge in [-0.25, -0.2) is 9.78 Å². The van der Waals surface area contributed by atoms with Crippen molar-refractivity contribution in [3.05, 3.63) is 17.7 Å². The van der Waals surface area contributed by atoms with E-state index in [0.717, 1.165) is 11.1 Å². The predicted molar refractivity (Wildman–Crippen MR) is 96.4 cm³/mol. The first-order valence-corrected chi connectivity index (χ1v) is 10.5. The van der Waals surface area contributed by atoms with Crippen molar-refractivity contribution in [2.75, 3.05) is 19.6 Å². The monoisotopic (exact) mass is 522 g/mol. The molecule has 1 aromatic heterocycles. The lowest BCUT2D eigenvalue weighted by Crippen LogP contribution is -2.49. The Kier molecular flexibility index (Phi) is 5.94. The zero-order chi connectivity index (χ0) is 26.0. The summed E-state index contributed by atoms with van der Waals surface area (Å²) in [6.07, 6.45) is -20.6. The highest BCUT2D eigenvalue weighted by Crippen LogP contribution is 2.60. The number of amides is 2. The number of fused-ring (bicyclic) bond motifs is 1. The summed E-state index contributed by atoms with van der Waals surface area (Å²) >= 11 is 0. The molecule has 0 N–H and O–H groups in total. The first-order valence-electron chi connectivity index (χ1n) is 10.5. The van der Waals surface area contributed by atoms with Crippen molar-refractivity contribution in [3.8, 4) is 0 Å². The van der Waals surface area contributed by atoms with Gasteiger partial charge in [0.25, 0.3) is 6.10 Å². The van der Waals surface area contributed by atoms with Crippen LogP contribution in [0.1, 0.15) is 30.8 Å². The normalized spacial score (nSPS) is 22.4. The van der Waals surface area contributed by atoms with Crippen molar-refractivity contribution >= 4 is 12.0 Å². The number of rotatable bonds is 2. The number of likely N-dealkylation sites (tertiary alicyclic amines) is 1. The second kappa shape index (κ2) is 8.18.